The van der Waals surface area contributed by atoms with Gasteiger partial charge >= 0.3 is 0 Å². The lowest BCUT2D eigenvalue weighted by molar-refractivity contribution is 0.414. The van der Waals surface area contributed by atoms with Gasteiger partial charge < -0.3 is 4.74 Å². The van der Waals surface area contributed by atoms with Gasteiger partial charge in [-0.15, -0.1) is 0 Å². The van der Waals surface area contributed by atoms with Crippen molar-refractivity contribution in [1.29, 1.82) is 0 Å². The number of aryl methyl sites for hydroxylation is 1. The van der Waals surface area contributed by atoms with Crippen molar-refractivity contribution in [3.05, 3.63) is 41.7 Å². The van der Waals surface area contributed by atoms with Gasteiger partial charge in [-0.2, -0.15) is 5.10 Å². The highest BCUT2D eigenvalue weighted by molar-refractivity contribution is 5.48. The lowest BCUT2D eigenvalue weighted by atomic mass is 9.92. The van der Waals surface area contributed by atoms with Gasteiger partial charge in [-0.05, 0) is 43.4 Å². The van der Waals surface area contributed by atoms with E-state index in [0.29, 0.717) is 5.92 Å². The SMILES string of the molecule is CCC(CC)c1ccc(OC)cc1-n1ccc(C)n1. The van der Waals surface area contributed by atoms with E-state index in [1.807, 2.05) is 29.9 Å². The van der Waals surface area contributed by atoms with Crippen molar-refractivity contribution in [3.8, 4) is 11.4 Å². The summed E-state index contributed by atoms with van der Waals surface area (Å²) in [6.07, 6.45) is 4.28. The lowest BCUT2D eigenvalue weighted by Crippen LogP contribution is -2.05. The molecular formula is C16H22N2O. The number of aromatic nitrogens is 2. The zero-order chi connectivity index (χ0) is 13.8. The summed E-state index contributed by atoms with van der Waals surface area (Å²) in [5, 5.41) is 4.53. The van der Waals surface area contributed by atoms with E-state index in [2.05, 4.69) is 31.1 Å². The molecule has 0 aliphatic carbocycles. The maximum Gasteiger partial charge on any atom is 0.121 e. The zero-order valence-corrected chi connectivity index (χ0v) is 12.2. The van der Waals surface area contributed by atoms with E-state index in [-0.39, 0.29) is 0 Å². The van der Waals surface area contributed by atoms with Gasteiger partial charge in [0.05, 0.1) is 18.5 Å². The molecule has 0 saturated heterocycles. The first-order valence-corrected chi connectivity index (χ1v) is 6.90. The molecule has 0 aliphatic rings. The van der Waals surface area contributed by atoms with Crippen LogP contribution in [0, 0.1) is 6.92 Å². The molecule has 0 amide bonds. The van der Waals surface area contributed by atoms with E-state index >= 15 is 0 Å². The number of hydrogen-bond acceptors (Lipinski definition) is 2. The largest absolute Gasteiger partial charge is 0.497 e. The van der Waals surface area contributed by atoms with Crippen molar-refractivity contribution >= 4 is 0 Å². The van der Waals surface area contributed by atoms with Crippen molar-refractivity contribution in [2.75, 3.05) is 7.11 Å². The fourth-order valence-corrected chi connectivity index (χ4v) is 2.47. The van der Waals surface area contributed by atoms with Gasteiger partial charge in [-0.1, -0.05) is 19.9 Å². The number of ether oxygens (including phenoxy) is 1. The van der Waals surface area contributed by atoms with Crippen LogP contribution in [0.25, 0.3) is 5.69 Å². The van der Waals surface area contributed by atoms with E-state index < -0.39 is 0 Å². The number of benzene rings is 1. The Labute approximate surface area is 115 Å². The first-order valence-electron chi connectivity index (χ1n) is 6.90. The van der Waals surface area contributed by atoms with Crippen LogP contribution in [0.4, 0.5) is 0 Å². The van der Waals surface area contributed by atoms with Crippen molar-refractivity contribution in [2.24, 2.45) is 0 Å². The summed E-state index contributed by atoms with van der Waals surface area (Å²) in [7, 11) is 1.70. The monoisotopic (exact) mass is 258 g/mol. The third-order valence-corrected chi connectivity index (χ3v) is 3.63. The van der Waals surface area contributed by atoms with Crippen molar-refractivity contribution < 1.29 is 4.74 Å². The molecule has 2 aromatic rings. The Morgan fingerprint density at radius 1 is 1.21 bits per heavy atom. The van der Waals surface area contributed by atoms with Gasteiger partial charge in [-0.3, -0.25) is 0 Å². The van der Waals surface area contributed by atoms with Crippen LogP contribution in [0.1, 0.15) is 43.9 Å². The third kappa shape index (κ3) is 2.80. The predicted octanol–water partition coefficient (Wildman–Crippen LogP) is 4.09. The first kappa shape index (κ1) is 13.7. The van der Waals surface area contributed by atoms with Gasteiger partial charge in [0.1, 0.15) is 5.75 Å². The molecule has 0 atom stereocenters. The highest BCUT2D eigenvalue weighted by Gasteiger charge is 2.14. The number of nitrogens with zero attached hydrogens (tertiary/aromatic N) is 2. The summed E-state index contributed by atoms with van der Waals surface area (Å²) in [6, 6.07) is 8.30. The summed E-state index contributed by atoms with van der Waals surface area (Å²) >= 11 is 0. The van der Waals surface area contributed by atoms with Crippen LogP contribution in [0.2, 0.25) is 0 Å². The normalized spacial score (nSPS) is 11.0. The number of rotatable bonds is 5. The van der Waals surface area contributed by atoms with Gasteiger partial charge in [0.2, 0.25) is 0 Å². The maximum atomic E-state index is 5.34. The molecule has 2 rings (SSSR count). The van der Waals surface area contributed by atoms with Crippen LogP contribution in [0.3, 0.4) is 0 Å². The minimum absolute atomic E-state index is 0.561. The molecule has 102 valence electrons. The zero-order valence-electron chi connectivity index (χ0n) is 12.2. The summed E-state index contributed by atoms with van der Waals surface area (Å²) in [6.45, 7) is 6.47. The Kier molecular flexibility index (Phi) is 4.25. The molecule has 19 heavy (non-hydrogen) atoms. The second-order valence-electron chi connectivity index (χ2n) is 4.84. The van der Waals surface area contributed by atoms with E-state index in [1.54, 1.807) is 7.11 Å². The first-order chi connectivity index (χ1) is 9.19. The molecular weight excluding hydrogens is 236 g/mol. The van der Waals surface area contributed by atoms with Gasteiger partial charge in [0, 0.05) is 12.3 Å². The van der Waals surface area contributed by atoms with Gasteiger partial charge in [-0.25, -0.2) is 4.68 Å². The van der Waals surface area contributed by atoms with Crippen molar-refractivity contribution in [3.63, 3.8) is 0 Å². The molecule has 0 bridgehead atoms. The van der Waals surface area contributed by atoms with Gasteiger partial charge in [0.15, 0.2) is 0 Å². The molecule has 0 unspecified atom stereocenters. The minimum atomic E-state index is 0.561. The van der Waals surface area contributed by atoms with Crippen molar-refractivity contribution in [2.45, 2.75) is 39.5 Å². The molecule has 3 heteroatoms. The summed E-state index contributed by atoms with van der Waals surface area (Å²) < 4.78 is 7.29. The van der Waals surface area contributed by atoms with E-state index in [4.69, 9.17) is 4.74 Å². The highest BCUT2D eigenvalue weighted by Crippen LogP contribution is 2.31. The fraction of sp³-hybridized carbons (Fsp3) is 0.438. The lowest BCUT2D eigenvalue weighted by Gasteiger charge is -2.18. The molecule has 1 aromatic carbocycles. The molecule has 1 heterocycles. The Hall–Kier alpha value is -1.77. The van der Waals surface area contributed by atoms with E-state index in [1.165, 1.54) is 5.56 Å². The quantitative estimate of drug-likeness (QED) is 0.807. The Morgan fingerprint density at radius 3 is 2.47 bits per heavy atom. The summed E-state index contributed by atoms with van der Waals surface area (Å²) in [5.41, 5.74) is 3.49. The van der Waals surface area contributed by atoms with Crippen LogP contribution in [0.5, 0.6) is 5.75 Å². The van der Waals surface area contributed by atoms with E-state index in [9.17, 15) is 0 Å². The van der Waals surface area contributed by atoms with Crippen LogP contribution in [0.15, 0.2) is 30.5 Å². The van der Waals surface area contributed by atoms with E-state index in [0.717, 1.165) is 30.0 Å². The standard InChI is InChI=1S/C16H22N2O/c1-5-13(6-2)15-8-7-14(19-4)11-16(15)18-10-9-12(3)17-18/h7-11,13H,5-6H2,1-4H3. The molecule has 0 fully saturated rings. The smallest absolute Gasteiger partial charge is 0.121 e. The second kappa shape index (κ2) is 5.91. The molecule has 0 aliphatic heterocycles. The molecule has 0 N–H and O–H groups in total. The molecule has 3 nitrogen and oxygen atoms in total. The van der Waals surface area contributed by atoms with Crippen LogP contribution in [-0.4, -0.2) is 16.9 Å². The van der Waals surface area contributed by atoms with Crippen molar-refractivity contribution in [1.82, 2.24) is 9.78 Å². The predicted molar refractivity (Wildman–Crippen MR) is 78.2 cm³/mol. The highest BCUT2D eigenvalue weighted by atomic mass is 16.5. The van der Waals surface area contributed by atoms with Crippen LogP contribution in [-0.2, 0) is 0 Å². The fourth-order valence-electron chi connectivity index (χ4n) is 2.47. The molecule has 0 radical (unpaired) electrons. The number of methoxy groups -OCH3 is 1. The van der Waals surface area contributed by atoms with Crippen LogP contribution >= 0.6 is 0 Å². The molecule has 0 saturated carbocycles. The summed E-state index contributed by atoms with van der Waals surface area (Å²) in [5.74, 6) is 1.43. The average molecular weight is 258 g/mol. The number of hydrogen-bond donors (Lipinski definition) is 0. The average Bonchev–Trinajstić information content (AvgIpc) is 2.87. The molecule has 1 aromatic heterocycles. The second-order valence-corrected chi connectivity index (χ2v) is 4.84. The topological polar surface area (TPSA) is 27.1 Å². The van der Waals surface area contributed by atoms with Crippen LogP contribution < -0.4 is 4.74 Å². The maximum absolute atomic E-state index is 5.34. The minimum Gasteiger partial charge on any atom is -0.497 e. The third-order valence-electron chi connectivity index (χ3n) is 3.63. The Balaban J connectivity index is 2.54. The van der Waals surface area contributed by atoms with Gasteiger partial charge in [0.25, 0.3) is 0 Å². The summed E-state index contributed by atoms with van der Waals surface area (Å²) in [4.78, 5) is 0. The Morgan fingerprint density at radius 2 is 1.95 bits per heavy atom. The molecule has 0 spiro atoms. The Bertz CT molecular complexity index is 541.